The van der Waals surface area contributed by atoms with Gasteiger partial charge in [-0.25, -0.2) is 19.7 Å². The molecule has 3 N–H and O–H groups in total. The van der Waals surface area contributed by atoms with Crippen LogP contribution < -0.4 is 15.4 Å². The lowest BCUT2D eigenvalue weighted by atomic mass is 9.83. The SMILES string of the molecule is CCOC(=O)CCCOc1cnc([C@H]2C[C@@](N)(CC)N(C(=O)O)c3ccc(C(=O)N(CCOC)CCOC)nc32)nc1Cc1cc(C(F)(F)F)cc(C(F)(F)F)c1. The van der Waals surface area contributed by atoms with E-state index in [0.717, 1.165) is 4.90 Å². The minimum atomic E-state index is -5.12. The van der Waals surface area contributed by atoms with Crippen molar-refractivity contribution >= 4 is 23.7 Å². The van der Waals surface area contributed by atoms with Crippen LogP contribution in [0.15, 0.2) is 36.5 Å². The zero-order valence-corrected chi connectivity index (χ0v) is 31.7. The average Bonchev–Trinajstić information content (AvgIpc) is 3.15. The summed E-state index contributed by atoms with van der Waals surface area (Å²) < 4.78 is 104. The molecule has 3 heterocycles. The molecule has 0 saturated carbocycles. The Bertz CT molecular complexity index is 1860. The number of nitrogens with zero attached hydrogens (tertiary/aromatic N) is 5. The zero-order chi connectivity index (χ0) is 42.1. The number of pyridine rings is 1. The second-order valence-electron chi connectivity index (χ2n) is 13.1. The number of carbonyl (C=O) groups is 3. The van der Waals surface area contributed by atoms with E-state index in [4.69, 9.17) is 24.7 Å². The molecule has 2 amide bonds. The fraction of sp³-hybridized carbons (Fsp3) is 0.514. The van der Waals surface area contributed by atoms with Gasteiger partial charge in [0, 0.05) is 40.2 Å². The second kappa shape index (κ2) is 18.9. The monoisotopic (exact) mass is 814 g/mol. The van der Waals surface area contributed by atoms with Gasteiger partial charge < -0.3 is 34.7 Å². The first-order valence-electron chi connectivity index (χ1n) is 17.9. The normalized spacial score (nSPS) is 16.9. The van der Waals surface area contributed by atoms with Crippen LogP contribution in [0.1, 0.15) is 89.8 Å². The Labute approximate surface area is 324 Å². The molecule has 2 atom stereocenters. The van der Waals surface area contributed by atoms with Crippen molar-refractivity contribution in [1.82, 2.24) is 19.9 Å². The van der Waals surface area contributed by atoms with E-state index in [1.54, 1.807) is 13.8 Å². The van der Waals surface area contributed by atoms with Gasteiger partial charge in [0.05, 0.1) is 66.7 Å². The summed E-state index contributed by atoms with van der Waals surface area (Å²) in [5.74, 6) is -2.26. The highest BCUT2D eigenvalue weighted by atomic mass is 19.4. The Morgan fingerprint density at radius 1 is 0.965 bits per heavy atom. The van der Waals surface area contributed by atoms with Crippen LogP contribution in [0.4, 0.5) is 36.8 Å². The number of amides is 2. The molecule has 312 valence electrons. The number of nitrogens with two attached hydrogens (primary N) is 1. The van der Waals surface area contributed by atoms with E-state index in [2.05, 4.69) is 15.0 Å². The summed E-state index contributed by atoms with van der Waals surface area (Å²) in [5.41, 5.74) is 1.52. The number of aromatic nitrogens is 3. The van der Waals surface area contributed by atoms with Crippen LogP contribution in [0.5, 0.6) is 5.75 Å². The number of hydrogen-bond donors (Lipinski definition) is 2. The van der Waals surface area contributed by atoms with Crippen LogP contribution in [0, 0.1) is 0 Å². The number of hydrogen-bond acceptors (Lipinski definition) is 11. The first-order chi connectivity index (χ1) is 26.9. The van der Waals surface area contributed by atoms with Crippen molar-refractivity contribution in [2.24, 2.45) is 5.73 Å². The van der Waals surface area contributed by atoms with Gasteiger partial charge in [0.2, 0.25) is 0 Å². The summed E-state index contributed by atoms with van der Waals surface area (Å²) in [6.45, 7) is 4.02. The van der Waals surface area contributed by atoms with Crippen molar-refractivity contribution in [3.8, 4) is 5.75 Å². The second-order valence-corrected chi connectivity index (χ2v) is 13.1. The van der Waals surface area contributed by atoms with Crippen molar-refractivity contribution in [2.75, 3.05) is 58.6 Å². The summed E-state index contributed by atoms with van der Waals surface area (Å²) in [5, 5.41) is 10.3. The molecule has 14 nitrogen and oxygen atoms in total. The lowest BCUT2D eigenvalue weighted by molar-refractivity contribution is -0.144. The van der Waals surface area contributed by atoms with Gasteiger partial charge >= 0.3 is 24.4 Å². The van der Waals surface area contributed by atoms with E-state index in [0.29, 0.717) is 12.1 Å². The number of carbonyl (C=O) groups excluding carboxylic acids is 2. The van der Waals surface area contributed by atoms with Crippen LogP contribution in [0.3, 0.4) is 0 Å². The molecule has 20 heteroatoms. The maximum atomic E-state index is 13.8. The van der Waals surface area contributed by atoms with Crippen molar-refractivity contribution < 1.29 is 64.8 Å². The topological polar surface area (TPSA) is 180 Å². The first-order valence-corrected chi connectivity index (χ1v) is 17.9. The smallest absolute Gasteiger partial charge is 0.416 e. The van der Waals surface area contributed by atoms with Crippen molar-refractivity contribution in [3.63, 3.8) is 0 Å². The Kier molecular flexibility index (Phi) is 14.8. The van der Waals surface area contributed by atoms with Crippen LogP contribution in [0.2, 0.25) is 0 Å². The third kappa shape index (κ3) is 11.1. The molecule has 0 aliphatic carbocycles. The summed E-state index contributed by atoms with van der Waals surface area (Å²) in [6.07, 6.45) is -11.1. The summed E-state index contributed by atoms with van der Waals surface area (Å²) >= 11 is 0. The highest BCUT2D eigenvalue weighted by molar-refractivity contribution is 5.94. The molecule has 4 rings (SSSR count). The van der Waals surface area contributed by atoms with E-state index in [1.165, 1.54) is 37.4 Å². The highest BCUT2D eigenvalue weighted by Gasteiger charge is 2.47. The van der Waals surface area contributed by atoms with Gasteiger partial charge in [-0.15, -0.1) is 0 Å². The van der Waals surface area contributed by atoms with Crippen LogP contribution >= 0.6 is 0 Å². The maximum absolute atomic E-state index is 13.8. The number of benzene rings is 1. The van der Waals surface area contributed by atoms with Crippen molar-refractivity contribution in [3.05, 3.63) is 76.1 Å². The average molecular weight is 815 g/mol. The molecule has 0 bridgehead atoms. The number of rotatable bonds is 17. The molecule has 0 spiro atoms. The number of methoxy groups -OCH3 is 2. The molecule has 0 saturated heterocycles. The van der Waals surface area contributed by atoms with Crippen LogP contribution in [-0.2, 0) is 37.8 Å². The number of alkyl halides is 6. The molecule has 1 aliphatic rings. The van der Waals surface area contributed by atoms with Gasteiger partial charge in [-0.3, -0.25) is 14.5 Å². The van der Waals surface area contributed by atoms with Gasteiger partial charge in [0.25, 0.3) is 5.91 Å². The van der Waals surface area contributed by atoms with Gasteiger partial charge in [-0.2, -0.15) is 26.3 Å². The quantitative estimate of drug-likeness (QED) is 0.0918. The number of anilines is 1. The Morgan fingerprint density at radius 2 is 1.60 bits per heavy atom. The summed E-state index contributed by atoms with van der Waals surface area (Å²) in [4.78, 5) is 54.3. The zero-order valence-electron chi connectivity index (χ0n) is 31.7. The Morgan fingerprint density at radius 3 is 2.14 bits per heavy atom. The third-order valence-corrected chi connectivity index (χ3v) is 9.18. The van der Waals surface area contributed by atoms with E-state index in [9.17, 15) is 45.8 Å². The molecule has 1 aromatic carbocycles. The van der Waals surface area contributed by atoms with Gasteiger partial charge in [0.1, 0.15) is 17.2 Å². The molecule has 2 aromatic heterocycles. The van der Waals surface area contributed by atoms with E-state index < -0.39 is 65.0 Å². The standard InChI is InChI=1S/C37H44F6N6O8/c1-5-35(44)20-25(31-28(49(35)34(52)53)10-9-26(46-31)33(51)48(11-14-54-3)12-15-55-4)32-45-21-29(57-13-7-8-30(50)56-6-2)27(47-32)18-22-16-23(36(38,39)40)19-24(17-22)37(41,42)43/h9-10,16-17,19,21,25H,5-8,11-15,18,20,44H2,1-4H3,(H,52,53)/t25-,35+/m0/s1. The van der Waals surface area contributed by atoms with Gasteiger partial charge in [-0.1, -0.05) is 6.92 Å². The third-order valence-electron chi connectivity index (χ3n) is 9.18. The van der Waals surface area contributed by atoms with Crippen LogP contribution in [-0.4, -0.2) is 102 Å². The van der Waals surface area contributed by atoms with Gasteiger partial charge in [-0.05, 0) is 62.1 Å². The van der Waals surface area contributed by atoms with E-state index in [-0.39, 0.29) is 106 Å². The predicted molar refractivity (Wildman–Crippen MR) is 191 cm³/mol. The molecule has 0 radical (unpaired) electrons. The number of halogens is 6. The minimum absolute atomic E-state index is 0.0106. The number of carboxylic acid groups (broad SMARTS) is 1. The summed E-state index contributed by atoms with van der Waals surface area (Å²) in [6, 6.07) is 3.87. The fourth-order valence-corrected chi connectivity index (χ4v) is 6.29. The van der Waals surface area contributed by atoms with Crippen molar-refractivity contribution in [2.45, 2.75) is 69.9 Å². The fourth-order valence-electron chi connectivity index (χ4n) is 6.29. The van der Waals surface area contributed by atoms with Crippen LogP contribution in [0.25, 0.3) is 0 Å². The molecule has 3 aromatic rings. The lowest BCUT2D eigenvalue weighted by Crippen LogP contribution is -2.61. The van der Waals surface area contributed by atoms with Crippen molar-refractivity contribution in [1.29, 1.82) is 0 Å². The number of fused-ring (bicyclic) bond motifs is 1. The predicted octanol–water partition coefficient (Wildman–Crippen LogP) is 6.04. The van der Waals surface area contributed by atoms with E-state index >= 15 is 0 Å². The van der Waals surface area contributed by atoms with Gasteiger partial charge in [0.15, 0.2) is 5.75 Å². The summed E-state index contributed by atoms with van der Waals surface area (Å²) in [7, 11) is 2.93. The molecular weight excluding hydrogens is 770 g/mol. The molecule has 0 fully saturated rings. The Balaban J connectivity index is 1.88. The molecule has 1 aliphatic heterocycles. The lowest BCUT2D eigenvalue weighted by Gasteiger charge is -2.45. The number of ether oxygens (including phenoxy) is 4. The largest absolute Gasteiger partial charge is 0.490 e. The highest BCUT2D eigenvalue weighted by Crippen LogP contribution is 2.45. The molecular formula is C37H44F6N6O8. The molecule has 57 heavy (non-hydrogen) atoms. The molecule has 0 unspecified atom stereocenters. The number of esters is 1. The van der Waals surface area contributed by atoms with E-state index in [1.807, 2.05) is 0 Å². The maximum Gasteiger partial charge on any atom is 0.416 e. The Hall–Kier alpha value is -5.08. The minimum Gasteiger partial charge on any atom is -0.490 e. The first kappa shape index (κ1) is 44.6.